The molecule has 1 aliphatic rings. The molecule has 35 heavy (non-hydrogen) atoms. The van der Waals surface area contributed by atoms with Gasteiger partial charge in [-0.1, -0.05) is 28.9 Å². The smallest absolute Gasteiger partial charge is 0.254 e. The van der Waals surface area contributed by atoms with Crippen LogP contribution in [0.4, 0.5) is 10.3 Å². The zero-order chi connectivity index (χ0) is 24.2. The molecular weight excluding hydrogens is 449 g/mol. The van der Waals surface area contributed by atoms with Gasteiger partial charge in [-0.2, -0.15) is 0 Å². The van der Waals surface area contributed by atoms with Crippen molar-refractivity contribution in [3.8, 4) is 11.3 Å². The molecule has 8 heteroatoms. The van der Waals surface area contributed by atoms with Gasteiger partial charge in [-0.15, -0.1) is 0 Å². The molecule has 0 atom stereocenters. The molecule has 4 aromatic rings. The van der Waals surface area contributed by atoms with E-state index in [1.54, 1.807) is 17.2 Å². The molecule has 0 saturated carbocycles. The number of carbonyl (C=O) groups is 1. The molecule has 2 aromatic heterocycles. The van der Waals surface area contributed by atoms with Gasteiger partial charge in [0.1, 0.15) is 17.3 Å². The lowest BCUT2D eigenvalue weighted by Crippen LogP contribution is -2.37. The topological polar surface area (TPSA) is 72.0 Å². The normalized spacial score (nSPS) is 13.7. The number of benzene rings is 2. The molecule has 0 N–H and O–H groups in total. The van der Waals surface area contributed by atoms with E-state index in [4.69, 9.17) is 13.7 Å². The van der Waals surface area contributed by atoms with Gasteiger partial charge in [0, 0.05) is 24.2 Å². The molecule has 0 radical (unpaired) electrons. The van der Waals surface area contributed by atoms with Crippen molar-refractivity contribution in [2.24, 2.45) is 0 Å². The number of amides is 1. The summed E-state index contributed by atoms with van der Waals surface area (Å²) in [4.78, 5) is 17.3. The highest BCUT2D eigenvalue weighted by atomic mass is 19.1. The summed E-state index contributed by atoms with van der Waals surface area (Å²) in [6.07, 6.45) is 1.58. The van der Waals surface area contributed by atoms with E-state index in [0.717, 1.165) is 16.7 Å². The van der Waals surface area contributed by atoms with Gasteiger partial charge in [0.15, 0.2) is 0 Å². The van der Waals surface area contributed by atoms with Crippen LogP contribution in [0.3, 0.4) is 0 Å². The number of halogens is 1. The summed E-state index contributed by atoms with van der Waals surface area (Å²) in [5.74, 6) is 0.628. The Labute approximate surface area is 202 Å². The van der Waals surface area contributed by atoms with Gasteiger partial charge in [0.05, 0.1) is 38.1 Å². The molecule has 1 fully saturated rings. The van der Waals surface area contributed by atoms with Crippen molar-refractivity contribution < 1.29 is 22.9 Å². The van der Waals surface area contributed by atoms with E-state index in [0.29, 0.717) is 49.2 Å². The molecule has 0 aliphatic carbocycles. The Morgan fingerprint density at radius 2 is 1.86 bits per heavy atom. The number of anilines is 1. The van der Waals surface area contributed by atoms with Crippen LogP contribution in [-0.2, 0) is 17.8 Å². The zero-order valence-corrected chi connectivity index (χ0v) is 19.4. The Morgan fingerprint density at radius 1 is 1.06 bits per heavy atom. The first-order chi connectivity index (χ1) is 17.1. The van der Waals surface area contributed by atoms with E-state index in [1.807, 2.05) is 37.3 Å². The van der Waals surface area contributed by atoms with E-state index in [2.05, 4.69) is 10.1 Å². The predicted molar refractivity (Wildman–Crippen MR) is 128 cm³/mol. The van der Waals surface area contributed by atoms with Gasteiger partial charge in [0.25, 0.3) is 5.91 Å². The maximum atomic E-state index is 13.6. The van der Waals surface area contributed by atoms with Crippen LogP contribution in [0.2, 0.25) is 0 Å². The van der Waals surface area contributed by atoms with Gasteiger partial charge in [-0.25, -0.2) is 4.39 Å². The molecule has 5 rings (SSSR count). The highest BCUT2D eigenvalue weighted by molar-refractivity contribution is 5.94. The standard InChI is InChI=1S/C27H26FN3O4/c1-19-4-2-5-21(16-19)25-24(27(35-29-25)30-11-14-33-15-12-30)18-31(17-23-6-3-13-34-23)26(32)20-7-9-22(28)10-8-20/h2-10,13,16H,11-12,14-15,17-18H2,1H3. The molecule has 7 nitrogen and oxygen atoms in total. The number of hydrogen-bond donors (Lipinski definition) is 0. The van der Waals surface area contributed by atoms with Crippen LogP contribution in [-0.4, -0.2) is 42.3 Å². The van der Waals surface area contributed by atoms with E-state index < -0.39 is 5.82 Å². The molecule has 0 spiro atoms. The lowest BCUT2D eigenvalue weighted by molar-refractivity contribution is 0.0717. The van der Waals surface area contributed by atoms with Crippen molar-refractivity contribution in [1.29, 1.82) is 0 Å². The number of aromatic nitrogens is 1. The minimum absolute atomic E-state index is 0.233. The summed E-state index contributed by atoms with van der Waals surface area (Å²) < 4.78 is 30.5. The van der Waals surface area contributed by atoms with Crippen LogP contribution in [0.5, 0.6) is 0 Å². The first-order valence-corrected chi connectivity index (χ1v) is 11.5. The van der Waals surface area contributed by atoms with Gasteiger partial charge in [-0.05, 0) is 49.4 Å². The fourth-order valence-corrected chi connectivity index (χ4v) is 4.23. The van der Waals surface area contributed by atoms with Gasteiger partial charge in [0.2, 0.25) is 5.88 Å². The molecule has 1 saturated heterocycles. The third-order valence-corrected chi connectivity index (χ3v) is 6.01. The summed E-state index contributed by atoms with van der Waals surface area (Å²) in [6, 6.07) is 17.2. The van der Waals surface area contributed by atoms with Gasteiger partial charge >= 0.3 is 0 Å². The van der Waals surface area contributed by atoms with Crippen molar-refractivity contribution in [3.05, 3.63) is 95.2 Å². The quantitative estimate of drug-likeness (QED) is 0.372. The Kier molecular flexibility index (Phi) is 6.63. The molecule has 2 aromatic carbocycles. The second-order valence-corrected chi connectivity index (χ2v) is 8.53. The number of morpholine rings is 1. The first kappa shape index (κ1) is 22.9. The molecular formula is C27H26FN3O4. The molecule has 1 aliphatic heterocycles. The van der Waals surface area contributed by atoms with E-state index >= 15 is 0 Å². The first-order valence-electron chi connectivity index (χ1n) is 11.5. The van der Waals surface area contributed by atoms with Crippen LogP contribution >= 0.6 is 0 Å². The monoisotopic (exact) mass is 475 g/mol. The summed E-state index contributed by atoms with van der Waals surface area (Å²) in [6.45, 7) is 5.00. The predicted octanol–water partition coefficient (Wildman–Crippen LogP) is 5.06. The average Bonchev–Trinajstić information content (AvgIpc) is 3.54. The van der Waals surface area contributed by atoms with E-state index in [-0.39, 0.29) is 19.0 Å². The summed E-state index contributed by atoms with van der Waals surface area (Å²) in [5.41, 5.74) is 3.89. The molecule has 1 amide bonds. The average molecular weight is 476 g/mol. The van der Waals surface area contributed by atoms with Crippen molar-refractivity contribution in [2.75, 3.05) is 31.2 Å². The number of hydrogen-bond acceptors (Lipinski definition) is 6. The number of rotatable bonds is 7. The van der Waals surface area contributed by atoms with E-state index in [9.17, 15) is 9.18 Å². The van der Waals surface area contributed by atoms with Crippen molar-refractivity contribution in [3.63, 3.8) is 0 Å². The van der Waals surface area contributed by atoms with Crippen LogP contribution < -0.4 is 4.90 Å². The zero-order valence-electron chi connectivity index (χ0n) is 19.4. The third-order valence-electron chi connectivity index (χ3n) is 6.01. The van der Waals surface area contributed by atoms with Crippen LogP contribution in [0, 0.1) is 12.7 Å². The maximum Gasteiger partial charge on any atom is 0.254 e. The lowest BCUT2D eigenvalue weighted by atomic mass is 10.0. The minimum Gasteiger partial charge on any atom is -0.467 e. The maximum absolute atomic E-state index is 13.6. The largest absolute Gasteiger partial charge is 0.467 e. The van der Waals surface area contributed by atoms with Crippen LogP contribution in [0.25, 0.3) is 11.3 Å². The fraction of sp³-hybridized carbons (Fsp3) is 0.259. The van der Waals surface area contributed by atoms with Crippen LogP contribution in [0.15, 0.2) is 75.9 Å². The number of carbonyl (C=O) groups excluding carboxylic acids is 1. The number of aryl methyl sites for hydroxylation is 1. The Hall–Kier alpha value is -3.91. The molecule has 3 heterocycles. The second kappa shape index (κ2) is 10.1. The van der Waals surface area contributed by atoms with Gasteiger partial charge < -0.3 is 23.5 Å². The number of nitrogens with zero attached hydrogens (tertiary/aromatic N) is 3. The molecule has 180 valence electrons. The third kappa shape index (κ3) is 5.12. The highest BCUT2D eigenvalue weighted by Gasteiger charge is 2.28. The fourth-order valence-electron chi connectivity index (χ4n) is 4.23. The lowest BCUT2D eigenvalue weighted by Gasteiger charge is -2.28. The molecule has 0 bridgehead atoms. The van der Waals surface area contributed by atoms with Crippen molar-refractivity contribution in [1.82, 2.24) is 10.1 Å². The number of furan rings is 1. The Bertz CT molecular complexity index is 1280. The summed E-state index contributed by atoms with van der Waals surface area (Å²) >= 11 is 0. The minimum atomic E-state index is -0.394. The molecule has 0 unspecified atom stereocenters. The highest BCUT2D eigenvalue weighted by Crippen LogP contribution is 2.34. The summed E-state index contributed by atoms with van der Waals surface area (Å²) in [7, 11) is 0. The van der Waals surface area contributed by atoms with E-state index in [1.165, 1.54) is 24.3 Å². The SMILES string of the molecule is Cc1cccc(-c2noc(N3CCOCC3)c2CN(Cc2ccco2)C(=O)c2ccc(F)cc2)c1. The van der Waals surface area contributed by atoms with Crippen LogP contribution in [0.1, 0.15) is 27.2 Å². The Balaban J connectivity index is 1.55. The van der Waals surface area contributed by atoms with Gasteiger partial charge in [-0.3, -0.25) is 4.79 Å². The van der Waals surface area contributed by atoms with Crippen molar-refractivity contribution >= 4 is 11.8 Å². The van der Waals surface area contributed by atoms with Crippen molar-refractivity contribution in [2.45, 2.75) is 20.0 Å². The summed E-state index contributed by atoms with van der Waals surface area (Å²) in [5, 5.41) is 4.43. The second-order valence-electron chi connectivity index (χ2n) is 8.53. The number of ether oxygens (including phenoxy) is 1. The Morgan fingerprint density at radius 3 is 2.57 bits per heavy atom.